The Labute approximate surface area is 124 Å². The molecule has 0 bridgehead atoms. The van der Waals surface area contributed by atoms with Crippen molar-refractivity contribution in [1.82, 2.24) is 0 Å². The van der Waals surface area contributed by atoms with Crippen molar-refractivity contribution in [3.63, 3.8) is 0 Å². The summed E-state index contributed by atoms with van der Waals surface area (Å²) in [4.78, 5) is 0. The van der Waals surface area contributed by atoms with E-state index in [1.54, 1.807) is 12.1 Å². The third-order valence-electron chi connectivity index (χ3n) is 3.59. The SMILES string of the molecule is CCC(c1ccccc1)C(O)Cc1cccc(F)c1Cl. The second-order valence-corrected chi connectivity index (χ2v) is 5.29. The quantitative estimate of drug-likeness (QED) is 0.855. The fourth-order valence-corrected chi connectivity index (χ4v) is 2.71. The molecule has 3 heteroatoms. The lowest BCUT2D eigenvalue weighted by Gasteiger charge is -2.22. The Balaban J connectivity index is 2.18. The molecule has 0 spiro atoms. The number of aliphatic hydroxyl groups is 1. The molecule has 20 heavy (non-hydrogen) atoms. The molecule has 0 saturated carbocycles. The summed E-state index contributed by atoms with van der Waals surface area (Å²) in [6, 6.07) is 14.6. The van der Waals surface area contributed by atoms with Gasteiger partial charge in [-0.25, -0.2) is 4.39 Å². The van der Waals surface area contributed by atoms with Crippen LogP contribution in [0.15, 0.2) is 48.5 Å². The third kappa shape index (κ3) is 3.38. The molecule has 0 aromatic heterocycles. The highest BCUT2D eigenvalue weighted by Crippen LogP contribution is 2.28. The lowest BCUT2D eigenvalue weighted by atomic mass is 9.88. The molecule has 2 aromatic carbocycles. The van der Waals surface area contributed by atoms with Crippen LogP contribution in [0.25, 0.3) is 0 Å². The van der Waals surface area contributed by atoms with Crippen LogP contribution in [0, 0.1) is 5.82 Å². The zero-order valence-electron chi connectivity index (χ0n) is 11.4. The molecular weight excluding hydrogens is 275 g/mol. The maximum absolute atomic E-state index is 13.4. The van der Waals surface area contributed by atoms with E-state index in [0.717, 1.165) is 12.0 Å². The summed E-state index contributed by atoms with van der Waals surface area (Å²) in [5.74, 6) is -0.417. The van der Waals surface area contributed by atoms with Gasteiger partial charge in [-0.2, -0.15) is 0 Å². The minimum Gasteiger partial charge on any atom is -0.392 e. The standard InChI is InChI=1S/C17H18ClFO/c1-2-14(12-7-4-3-5-8-12)16(20)11-13-9-6-10-15(19)17(13)18/h3-10,14,16,20H,2,11H2,1H3. The lowest BCUT2D eigenvalue weighted by molar-refractivity contribution is 0.141. The topological polar surface area (TPSA) is 20.2 Å². The van der Waals surface area contributed by atoms with E-state index in [0.29, 0.717) is 12.0 Å². The highest BCUT2D eigenvalue weighted by atomic mass is 35.5. The molecule has 0 aliphatic rings. The van der Waals surface area contributed by atoms with Gasteiger partial charge in [-0.05, 0) is 23.6 Å². The largest absolute Gasteiger partial charge is 0.392 e. The van der Waals surface area contributed by atoms with E-state index in [9.17, 15) is 9.50 Å². The zero-order valence-corrected chi connectivity index (χ0v) is 12.1. The Morgan fingerprint density at radius 3 is 2.45 bits per heavy atom. The second kappa shape index (κ2) is 6.87. The van der Waals surface area contributed by atoms with E-state index >= 15 is 0 Å². The van der Waals surface area contributed by atoms with Gasteiger partial charge in [0.25, 0.3) is 0 Å². The molecule has 1 nitrogen and oxygen atoms in total. The normalized spacial score (nSPS) is 14.0. The molecule has 0 heterocycles. The van der Waals surface area contributed by atoms with Crippen LogP contribution in [0.4, 0.5) is 4.39 Å². The van der Waals surface area contributed by atoms with Crippen LogP contribution in [0.3, 0.4) is 0 Å². The number of halogens is 2. The van der Waals surface area contributed by atoms with Gasteiger partial charge in [0.1, 0.15) is 5.82 Å². The summed E-state index contributed by atoms with van der Waals surface area (Å²) in [5.41, 5.74) is 1.74. The molecule has 2 unspecified atom stereocenters. The van der Waals surface area contributed by atoms with Gasteiger partial charge >= 0.3 is 0 Å². The van der Waals surface area contributed by atoms with Crippen LogP contribution in [-0.4, -0.2) is 11.2 Å². The van der Waals surface area contributed by atoms with Crippen molar-refractivity contribution in [1.29, 1.82) is 0 Å². The van der Waals surface area contributed by atoms with E-state index in [4.69, 9.17) is 11.6 Å². The Hall–Kier alpha value is -1.38. The van der Waals surface area contributed by atoms with Gasteiger partial charge < -0.3 is 5.11 Å². The van der Waals surface area contributed by atoms with E-state index in [2.05, 4.69) is 0 Å². The van der Waals surface area contributed by atoms with Crippen molar-refractivity contribution >= 4 is 11.6 Å². The Morgan fingerprint density at radius 1 is 1.10 bits per heavy atom. The molecule has 0 radical (unpaired) electrons. The van der Waals surface area contributed by atoms with Crippen LogP contribution < -0.4 is 0 Å². The van der Waals surface area contributed by atoms with Gasteiger partial charge in [-0.15, -0.1) is 0 Å². The maximum atomic E-state index is 13.4. The summed E-state index contributed by atoms with van der Waals surface area (Å²) in [5, 5.41) is 10.6. The van der Waals surface area contributed by atoms with E-state index < -0.39 is 11.9 Å². The van der Waals surface area contributed by atoms with Crippen molar-refractivity contribution in [3.8, 4) is 0 Å². The van der Waals surface area contributed by atoms with E-state index in [1.165, 1.54) is 6.07 Å². The smallest absolute Gasteiger partial charge is 0.142 e. The number of aliphatic hydroxyl groups excluding tert-OH is 1. The summed E-state index contributed by atoms with van der Waals surface area (Å²) >= 11 is 5.95. The van der Waals surface area contributed by atoms with E-state index in [-0.39, 0.29) is 10.9 Å². The Morgan fingerprint density at radius 2 is 1.80 bits per heavy atom. The fraction of sp³-hybridized carbons (Fsp3) is 0.294. The van der Waals surface area contributed by atoms with Crippen molar-refractivity contribution < 1.29 is 9.50 Å². The molecular formula is C17H18ClFO. The molecule has 2 atom stereocenters. The first-order chi connectivity index (χ1) is 9.63. The average molecular weight is 293 g/mol. The van der Waals surface area contributed by atoms with E-state index in [1.807, 2.05) is 37.3 Å². The summed E-state index contributed by atoms with van der Waals surface area (Å²) in [6.45, 7) is 2.04. The van der Waals surface area contributed by atoms with Gasteiger partial charge in [0.2, 0.25) is 0 Å². The first kappa shape index (κ1) is 15.0. The number of benzene rings is 2. The third-order valence-corrected chi connectivity index (χ3v) is 4.02. The molecule has 0 aliphatic carbocycles. The first-order valence-electron chi connectivity index (χ1n) is 6.79. The summed E-state index contributed by atoms with van der Waals surface area (Å²) < 4.78 is 13.4. The monoisotopic (exact) mass is 292 g/mol. The van der Waals surface area contributed by atoms with Crippen LogP contribution in [0.2, 0.25) is 5.02 Å². The lowest BCUT2D eigenvalue weighted by Crippen LogP contribution is -2.21. The van der Waals surface area contributed by atoms with Gasteiger partial charge in [0.15, 0.2) is 0 Å². The highest BCUT2D eigenvalue weighted by Gasteiger charge is 2.21. The molecule has 0 saturated heterocycles. The molecule has 0 fully saturated rings. The van der Waals surface area contributed by atoms with Gasteiger partial charge in [0, 0.05) is 12.3 Å². The fourth-order valence-electron chi connectivity index (χ4n) is 2.50. The highest BCUT2D eigenvalue weighted by molar-refractivity contribution is 6.31. The predicted molar refractivity (Wildman–Crippen MR) is 80.6 cm³/mol. The van der Waals surface area contributed by atoms with Gasteiger partial charge in [0.05, 0.1) is 11.1 Å². The van der Waals surface area contributed by atoms with Crippen LogP contribution in [0.5, 0.6) is 0 Å². The number of hydrogen-bond donors (Lipinski definition) is 1. The Bertz CT molecular complexity index is 556. The van der Waals surface area contributed by atoms with Crippen LogP contribution in [-0.2, 0) is 6.42 Å². The molecule has 0 amide bonds. The first-order valence-corrected chi connectivity index (χ1v) is 7.17. The van der Waals surface area contributed by atoms with Crippen LogP contribution >= 0.6 is 11.6 Å². The van der Waals surface area contributed by atoms with Gasteiger partial charge in [-0.3, -0.25) is 0 Å². The molecule has 2 rings (SSSR count). The number of rotatable bonds is 5. The molecule has 2 aromatic rings. The van der Waals surface area contributed by atoms with Gasteiger partial charge in [-0.1, -0.05) is 61.0 Å². The minimum atomic E-state index is -0.582. The van der Waals surface area contributed by atoms with Crippen LogP contribution in [0.1, 0.15) is 30.4 Å². The van der Waals surface area contributed by atoms with Crippen molar-refractivity contribution in [2.24, 2.45) is 0 Å². The summed E-state index contributed by atoms with van der Waals surface area (Å²) in [6.07, 6.45) is 0.587. The minimum absolute atomic E-state index is 0.0236. The molecule has 1 N–H and O–H groups in total. The van der Waals surface area contributed by atoms with Crippen molar-refractivity contribution in [2.45, 2.75) is 31.8 Å². The molecule has 0 aliphatic heterocycles. The maximum Gasteiger partial charge on any atom is 0.142 e. The number of hydrogen-bond acceptors (Lipinski definition) is 1. The predicted octanol–water partition coefficient (Wildman–Crippen LogP) is 4.58. The Kier molecular flexibility index (Phi) is 5.16. The zero-order chi connectivity index (χ0) is 14.5. The average Bonchev–Trinajstić information content (AvgIpc) is 2.46. The second-order valence-electron chi connectivity index (χ2n) is 4.91. The van der Waals surface area contributed by atoms with Crippen molar-refractivity contribution in [2.75, 3.05) is 0 Å². The molecule has 106 valence electrons. The summed E-state index contributed by atoms with van der Waals surface area (Å²) in [7, 11) is 0. The van der Waals surface area contributed by atoms with Crippen molar-refractivity contribution in [3.05, 3.63) is 70.5 Å².